The molecule has 1 aromatic rings. The third-order valence-electron chi connectivity index (χ3n) is 5.26. The van der Waals surface area contributed by atoms with Crippen LogP contribution in [-0.4, -0.2) is 43.2 Å². The third-order valence-corrected chi connectivity index (χ3v) is 5.26. The monoisotopic (exact) mass is 346 g/mol. The number of hydrogen-bond acceptors (Lipinski definition) is 4. The minimum Gasteiger partial charge on any atom is -0.490 e. The van der Waals surface area contributed by atoms with Gasteiger partial charge in [-0.3, -0.25) is 4.79 Å². The first-order valence-electron chi connectivity index (χ1n) is 9.48. The van der Waals surface area contributed by atoms with Gasteiger partial charge in [-0.25, -0.2) is 0 Å². The lowest BCUT2D eigenvalue weighted by Gasteiger charge is -2.34. The highest BCUT2D eigenvalue weighted by atomic mass is 16.5. The Hall–Kier alpha value is -1.75. The number of fused-ring (bicyclic) bond motifs is 1. The van der Waals surface area contributed by atoms with E-state index in [0.29, 0.717) is 19.3 Å². The van der Waals surface area contributed by atoms with E-state index in [9.17, 15) is 4.79 Å². The van der Waals surface area contributed by atoms with Crippen molar-refractivity contribution in [1.82, 2.24) is 10.2 Å². The molecule has 0 bridgehead atoms. The molecule has 1 fully saturated rings. The maximum Gasteiger partial charge on any atom is 0.223 e. The second-order valence-corrected chi connectivity index (χ2v) is 7.39. The molecule has 25 heavy (non-hydrogen) atoms. The fourth-order valence-electron chi connectivity index (χ4n) is 3.54. The Morgan fingerprint density at radius 1 is 1.12 bits per heavy atom. The number of nitrogens with one attached hydrogen (secondary N) is 1. The maximum atomic E-state index is 12.6. The molecule has 0 aliphatic carbocycles. The molecule has 138 valence electrons. The molecule has 1 amide bonds. The molecule has 1 saturated heterocycles. The fraction of sp³-hybridized carbons (Fsp3) is 0.650. The van der Waals surface area contributed by atoms with Crippen molar-refractivity contribution in [2.45, 2.75) is 52.1 Å². The fourth-order valence-corrected chi connectivity index (χ4v) is 3.54. The molecule has 0 aromatic heterocycles. The second kappa shape index (κ2) is 8.09. The highest BCUT2D eigenvalue weighted by Crippen LogP contribution is 2.32. The van der Waals surface area contributed by atoms with Gasteiger partial charge in [0.25, 0.3) is 0 Å². The lowest BCUT2D eigenvalue weighted by Crippen LogP contribution is -2.43. The number of hydrogen-bond donors (Lipinski definition) is 1. The Morgan fingerprint density at radius 2 is 1.80 bits per heavy atom. The average molecular weight is 346 g/mol. The van der Waals surface area contributed by atoms with Crippen LogP contribution >= 0.6 is 0 Å². The topological polar surface area (TPSA) is 50.8 Å². The summed E-state index contributed by atoms with van der Waals surface area (Å²) >= 11 is 0. The molecule has 1 aromatic carbocycles. The number of amides is 1. The van der Waals surface area contributed by atoms with E-state index in [4.69, 9.17) is 9.47 Å². The van der Waals surface area contributed by atoms with Crippen LogP contribution in [0.1, 0.15) is 51.6 Å². The Balaban J connectivity index is 1.58. The molecule has 5 nitrogen and oxygen atoms in total. The van der Waals surface area contributed by atoms with E-state index in [-0.39, 0.29) is 17.9 Å². The minimum absolute atomic E-state index is 0.0345. The quantitative estimate of drug-likeness (QED) is 0.910. The van der Waals surface area contributed by atoms with Crippen LogP contribution in [0.2, 0.25) is 0 Å². The van der Waals surface area contributed by atoms with Gasteiger partial charge >= 0.3 is 0 Å². The van der Waals surface area contributed by atoms with Crippen LogP contribution in [-0.2, 0) is 4.79 Å². The van der Waals surface area contributed by atoms with Crippen molar-refractivity contribution in [3.63, 3.8) is 0 Å². The molecule has 1 N–H and O–H groups in total. The lowest BCUT2D eigenvalue weighted by atomic mass is 9.94. The summed E-state index contributed by atoms with van der Waals surface area (Å²) in [6.45, 7) is 9.83. The molecule has 3 rings (SSSR count). The Labute approximate surface area is 150 Å². The number of benzene rings is 1. The van der Waals surface area contributed by atoms with Crippen LogP contribution in [0.15, 0.2) is 18.2 Å². The molecule has 0 radical (unpaired) electrons. The van der Waals surface area contributed by atoms with E-state index in [1.165, 1.54) is 0 Å². The highest BCUT2D eigenvalue weighted by Gasteiger charge is 2.27. The van der Waals surface area contributed by atoms with Gasteiger partial charge in [0, 0.05) is 18.4 Å². The number of carbonyl (C=O) groups excluding carboxylic acids is 1. The van der Waals surface area contributed by atoms with Crippen molar-refractivity contribution in [3.05, 3.63) is 23.8 Å². The molecule has 2 aliphatic rings. The minimum atomic E-state index is -0.0345. The van der Waals surface area contributed by atoms with Crippen molar-refractivity contribution in [2.75, 3.05) is 26.3 Å². The van der Waals surface area contributed by atoms with E-state index >= 15 is 0 Å². The summed E-state index contributed by atoms with van der Waals surface area (Å²) in [6, 6.07) is 6.48. The van der Waals surface area contributed by atoms with Gasteiger partial charge < -0.3 is 19.7 Å². The first-order valence-corrected chi connectivity index (χ1v) is 9.48. The summed E-state index contributed by atoms with van der Waals surface area (Å²) in [7, 11) is 0. The zero-order chi connectivity index (χ0) is 17.8. The zero-order valence-electron chi connectivity index (χ0n) is 15.6. The molecule has 2 aliphatic heterocycles. The Kier molecular flexibility index (Phi) is 5.84. The third kappa shape index (κ3) is 4.46. The normalized spacial score (nSPS) is 20.2. The first kappa shape index (κ1) is 18.1. The maximum absolute atomic E-state index is 12.6. The number of rotatable bonds is 4. The largest absolute Gasteiger partial charge is 0.490 e. The van der Waals surface area contributed by atoms with E-state index in [1.54, 1.807) is 0 Å². The van der Waals surface area contributed by atoms with Crippen molar-refractivity contribution in [2.24, 2.45) is 5.92 Å². The zero-order valence-corrected chi connectivity index (χ0v) is 15.6. The smallest absolute Gasteiger partial charge is 0.223 e. The number of nitrogens with zero attached hydrogens (tertiary/aromatic N) is 1. The molecule has 0 saturated carbocycles. The highest BCUT2D eigenvalue weighted by molar-refractivity contribution is 5.79. The molecule has 5 heteroatoms. The van der Waals surface area contributed by atoms with Crippen LogP contribution in [0.4, 0.5) is 0 Å². The van der Waals surface area contributed by atoms with Crippen molar-refractivity contribution < 1.29 is 14.3 Å². The number of likely N-dealkylation sites (tertiary alicyclic amines) is 1. The lowest BCUT2D eigenvalue weighted by molar-refractivity contribution is -0.127. The predicted octanol–water partition coefficient (Wildman–Crippen LogP) is 3.15. The number of piperidine rings is 1. The van der Waals surface area contributed by atoms with Gasteiger partial charge in [-0.05, 0) is 64.4 Å². The standard InChI is InChI=1S/C20H30N2O3/c1-14(2)22-9-7-16(8-10-22)20(23)21-15(3)17-5-6-18-19(13-17)25-12-4-11-24-18/h5-6,13-16H,4,7-12H2,1-3H3,(H,21,23)/t15-/m1/s1. The molecular weight excluding hydrogens is 316 g/mol. The van der Waals surface area contributed by atoms with Gasteiger partial charge in [0.15, 0.2) is 11.5 Å². The Morgan fingerprint density at radius 3 is 2.48 bits per heavy atom. The summed E-state index contributed by atoms with van der Waals surface area (Å²) < 4.78 is 11.4. The van der Waals surface area contributed by atoms with Crippen molar-refractivity contribution in [1.29, 1.82) is 0 Å². The van der Waals surface area contributed by atoms with Crippen LogP contribution < -0.4 is 14.8 Å². The molecule has 0 spiro atoms. The van der Waals surface area contributed by atoms with Crippen LogP contribution in [0.5, 0.6) is 11.5 Å². The molecule has 1 atom stereocenters. The van der Waals surface area contributed by atoms with E-state index in [1.807, 2.05) is 25.1 Å². The SMILES string of the molecule is CC(C)N1CCC(C(=O)N[C@H](C)c2ccc3c(c2)OCCCO3)CC1. The summed E-state index contributed by atoms with van der Waals surface area (Å²) in [6.07, 6.45) is 2.78. The van der Waals surface area contributed by atoms with Gasteiger partial charge in [-0.1, -0.05) is 6.07 Å². The van der Waals surface area contributed by atoms with Crippen molar-refractivity contribution in [3.8, 4) is 11.5 Å². The molecule has 0 unspecified atom stereocenters. The van der Waals surface area contributed by atoms with Gasteiger partial charge in [-0.2, -0.15) is 0 Å². The van der Waals surface area contributed by atoms with Crippen LogP contribution in [0, 0.1) is 5.92 Å². The number of ether oxygens (including phenoxy) is 2. The first-order chi connectivity index (χ1) is 12.0. The van der Waals surface area contributed by atoms with E-state index in [2.05, 4.69) is 24.1 Å². The van der Waals surface area contributed by atoms with Gasteiger partial charge in [0.1, 0.15) is 0 Å². The predicted molar refractivity (Wildman–Crippen MR) is 98.0 cm³/mol. The van der Waals surface area contributed by atoms with Gasteiger partial charge in [0.05, 0.1) is 19.3 Å². The number of carbonyl (C=O) groups is 1. The summed E-state index contributed by atoms with van der Waals surface area (Å²) in [4.78, 5) is 15.1. The van der Waals surface area contributed by atoms with Crippen LogP contribution in [0.25, 0.3) is 0 Å². The summed E-state index contributed by atoms with van der Waals surface area (Å²) in [5, 5.41) is 3.18. The van der Waals surface area contributed by atoms with Crippen LogP contribution in [0.3, 0.4) is 0 Å². The van der Waals surface area contributed by atoms with Gasteiger partial charge in [0.2, 0.25) is 5.91 Å². The average Bonchev–Trinajstić information content (AvgIpc) is 2.86. The molecule has 2 heterocycles. The van der Waals surface area contributed by atoms with E-state index < -0.39 is 0 Å². The van der Waals surface area contributed by atoms with Crippen molar-refractivity contribution >= 4 is 5.91 Å². The Bertz CT molecular complexity index is 595. The second-order valence-electron chi connectivity index (χ2n) is 7.39. The molecular formula is C20H30N2O3. The summed E-state index contributed by atoms with van der Waals surface area (Å²) in [5.41, 5.74) is 1.05. The van der Waals surface area contributed by atoms with Gasteiger partial charge in [-0.15, -0.1) is 0 Å². The van der Waals surface area contributed by atoms with E-state index in [0.717, 1.165) is 49.4 Å². The summed E-state index contributed by atoms with van der Waals surface area (Å²) in [5.74, 6) is 1.86.